The number of nitrogens with zero attached hydrogens (tertiary/aromatic N) is 1. The number of hydrogen-bond acceptors (Lipinski definition) is 3. The Balaban J connectivity index is 3.61. The van der Waals surface area contributed by atoms with Crippen LogP contribution in [0.2, 0.25) is 0 Å². The highest BCUT2D eigenvalue weighted by Gasteiger charge is 2.12. The number of hydrogen-bond donors (Lipinski definition) is 0. The molecule has 1 unspecified atom stereocenters. The molecule has 0 aromatic heterocycles. The van der Waals surface area contributed by atoms with Crippen LogP contribution in [0.25, 0.3) is 0 Å². The van der Waals surface area contributed by atoms with Crippen molar-refractivity contribution in [2.75, 3.05) is 40.0 Å². The highest BCUT2D eigenvalue weighted by Crippen LogP contribution is 2.12. The van der Waals surface area contributed by atoms with E-state index in [0.29, 0.717) is 0 Å². The van der Waals surface area contributed by atoms with E-state index >= 15 is 0 Å². The summed E-state index contributed by atoms with van der Waals surface area (Å²) in [6, 6.07) is 0. The van der Waals surface area contributed by atoms with Gasteiger partial charge in [0.05, 0.1) is 12.7 Å². The molecule has 0 amide bonds. The fourth-order valence-corrected chi connectivity index (χ4v) is 5.90. The van der Waals surface area contributed by atoms with Crippen LogP contribution >= 0.6 is 0 Å². The Hall–Kier alpha value is -0.640. The van der Waals surface area contributed by atoms with Gasteiger partial charge >= 0.3 is 0 Å². The van der Waals surface area contributed by atoms with Crippen LogP contribution in [0, 0.1) is 0 Å². The van der Waals surface area contributed by atoms with E-state index < -0.39 is 0 Å². The summed E-state index contributed by atoms with van der Waals surface area (Å²) in [5.74, 6) is 0. The second-order valence-electron chi connectivity index (χ2n) is 13.8. The van der Waals surface area contributed by atoms with Crippen LogP contribution in [0.15, 0.2) is 24.3 Å². The van der Waals surface area contributed by atoms with Crippen LogP contribution in [0.3, 0.4) is 0 Å². The van der Waals surface area contributed by atoms with Crippen LogP contribution in [0.5, 0.6) is 0 Å². The maximum Gasteiger partial charge on any atom is 0.0934 e. The summed E-state index contributed by atoms with van der Waals surface area (Å²) in [5.41, 5.74) is 0. The molecule has 0 radical (unpaired) electrons. The number of likely N-dealkylation sites (N-methyl/N-ethyl adjacent to an activating group) is 1. The highest BCUT2D eigenvalue weighted by atomic mass is 16.5. The second kappa shape index (κ2) is 39.5. The molecule has 0 rings (SSSR count). The summed E-state index contributed by atoms with van der Waals surface area (Å²) in [6.07, 6.45) is 47.6. The van der Waals surface area contributed by atoms with Crippen molar-refractivity contribution in [1.29, 1.82) is 0 Å². The molecule has 3 heteroatoms. The summed E-state index contributed by atoms with van der Waals surface area (Å²) >= 11 is 0. The van der Waals surface area contributed by atoms with Gasteiger partial charge in [-0.1, -0.05) is 161 Å². The van der Waals surface area contributed by atoms with Crippen molar-refractivity contribution < 1.29 is 9.47 Å². The minimum atomic E-state index is 0.201. The van der Waals surface area contributed by atoms with E-state index in [1.165, 1.54) is 180 Å². The van der Waals surface area contributed by atoms with Gasteiger partial charge in [-0.15, -0.1) is 0 Å². The predicted molar refractivity (Wildman–Crippen MR) is 203 cm³/mol. The third-order valence-corrected chi connectivity index (χ3v) is 9.17. The van der Waals surface area contributed by atoms with E-state index in [-0.39, 0.29) is 6.10 Å². The van der Waals surface area contributed by atoms with E-state index in [9.17, 15) is 0 Å². The van der Waals surface area contributed by atoms with Crippen LogP contribution in [0.4, 0.5) is 0 Å². The molecule has 45 heavy (non-hydrogen) atoms. The third kappa shape index (κ3) is 37.7. The van der Waals surface area contributed by atoms with E-state index in [4.69, 9.17) is 9.47 Å². The Morgan fingerprint density at radius 2 is 0.800 bits per heavy atom. The molecular formula is C42H83NO2. The number of ether oxygens (including phenoxy) is 2. The first-order valence-electron chi connectivity index (χ1n) is 20.4. The Kier molecular flexibility index (Phi) is 39.0. The molecule has 0 N–H and O–H groups in total. The molecule has 0 spiro atoms. The number of rotatable bonds is 38. The molecule has 0 bridgehead atoms. The molecule has 3 nitrogen and oxygen atoms in total. The van der Waals surface area contributed by atoms with Crippen LogP contribution < -0.4 is 0 Å². The minimum absolute atomic E-state index is 0.201. The number of allylic oxidation sites excluding steroid dienone is 4. The van der Waals surface area contributed by atoms with Crippen molar-refractivity contribution in [3.8, 4) is 0 Å². The quantitative estimate of drug-likeness (QED) is 0.0499. The van der Waals surface area contributed by atoms with Gasteiger partial charge < -0.3 is 14.4 Å². The molecule has 0 fully saturated rings. The van der Waals surface area contributed by atoms with Crippen molar-refractivity contribution in [2.24, 2.45) is 0 Å². The summed E-state index contributed by atoms with van der Waals surface area (Å²) in [7, 11) is 2.19. The van der Waals surface area contributed by atoms with Gasteiger partial charge in [-0.3, -0.25) is 0 Å². The van der Waals surface area contributed by atoms with Gasteiger partial charge in [-0.05, 0) is 77.8 Å². The molecule has 0 aliphatic carbocycles. The van der Waals surface area contributed by atoms with E-state index in [2.05, 4.69) is 57.0 Å². The van der Waals surface area contributed by atoms with Gasteiger partial charge in [0, 0.05) is 19.8 Å². The Morgan fingerprint density at radius 3 is 1.20 bits per heavy atom. The average molecular weight is 634 g/mol. The van der Waals surface area contributed by atoms with Crippen molar-refractivity contribution in [3.63, 3.8) is 0 Å². The average Bonchev–Trinajstić information content (AvgIpc) is 3.05. The zero-order chi connectivity index (χ0) is 32.7. The van der Waals surface area contributed by atoms with Gasteiger partial charge in [0.2, 0.25) is 0 Å². The summed E-state index contributed by atoms with van der Waals surface area (Å²) in [6.45, 7) is 11.3. The molecule has 0 heterocycles. The normalized spacial score (nSPS) is 12.8. The van der Waals surface area contributed by atoms with Crippen LogP contribution in [0.1, 0.15) is 201 Å². The fraction of sp³-hybridized carbons (Fsp3) is 0.905. The SMILES string of the molecule is CCCCCCCC/C=C\CCCCCCCCOC(COCCCCCCCC/C=C/CCCCCCCC)CN(C)CC. The summed E-state index contributed by atoms with van der Waals surface area (Å²) in [5, 5.41) is 0. The highest BCUT2D eigenvalue weighted by molar-refractivity contribution is 4.82. The first-order valence-corrected chi connectivity index (χ1v) is 20.4. The fourth-order valence-electron chi connectivity index (χ4n) is 5.90. The first-order chi connectivity index (χ1) is 22.2. The Labute approximate surface area is 284 Å². The van der Waals surface area contributed by atoms with Gasteiger partial charge in [0.1, 0.15) is 0 Å². The maximum absolute atomic E-state index is 6.29. The van der Waals surface area contributed by atoms with Crippen LogP contribution in [-0.2, 0) is 9.47 Å². The molecule has 0 aliphatic heterocycles. The molecule has 0 saturated carbocycles. The lowest BCUT2D eigenvalue weighted by Crippen LogP contribution is -2.34. The standard InChI is InChI=1S/C42H83NO2/c1-5-8-10-12-14-16-18-20-22-24-26-28-30-32-34-36-38-44-41-42(40-43(4)7-3)45-39-37-35-33-31-29-27-25-23-21-19-17-15-13-11-9-6-2/h20-23,42H,5-19,24-41H2,1-4H3/b22-20+,23-21-. The minimum Gasteiger partial charge on any atom is -0.379 e. The van der Waals surface area contributed by atoms with Crippen molar-refractivity contribution in [2.45, 2.75) is 207 Å². The topological polar surface area (TPSA) is 21.7 Å². The molecule has 0 aromatic carbocycles. The van der Waals surface area contributed by atoms with Gasteiger partial charge in [0.25, 0.3) is 0 Å². The lowest BCUT2D eigenvalue weighted by atomic mass is 10.1. The Morgan fingerprint density at radius 1 is 0.444 bits per heavy atom. The van der Waals surface area contributed by atoms with Gasteiger partial charge in [-0.25, -0.2) is 0 Å². The second-order valence-corrected chi connectivity index (χ2v) is 13.8. The van der Waals surface area contributed by atoms with Crippen LogP contribution in [-0.4, -0.2) is 51.0 Å². The van der Waals surface area contributed by atoms with E-state index in [0.717, 1.165) is 32.9 Å². The number of unbranched alkanes of at least 4 members (excludes halogenated alkanes) is 24. The zero-order valence-electron chi connectivity index (χ0n) is 31.5. The van der Waals surface area contributed by atoms with Gasteiger partial charge in [-0.2, -0.15) is 0 Å². The Bertz CT molecular complexity index is 589. The van der Waals surface area contributed by atoms with E-state index in [1.807, 2.05) is 0 Å². The summed E-state index contributed by atoms with van der Waals surface area (Å²) < 4.78 is 12.4. The maximum atomic E-state index is 6.29. The van der Waals surface area contributed by atoms with Crippen molar-refractivity contribution >= 4 is 0 Å². The molecular weight excluding hydrogens is 550 g/mol. The molecule has 0 aliphatic rings. The zero-order valence-corrected chi connectivity index (χ0v) is 31.5. The lowest BCUT2D eigenvalue weighted by molar-refractivity contribution is -0.0308. The smallest absolute Gasteiger partial charge is 0.0934 e. The first kappa shape index (κ1) is 44.4. The monoisotopic (exact) mass is 634 g/mol. The van der Waals surface area contributed by atoms with Crippen molar-refractivity contribution in [3.05, 3.63) is 24.3 Å². The van der Waals surface area contributed by atoms with Crippen molar-refractivity contribution in [1.82, 2.24) is 4.90 Å². The lowest BCUT2D eigenvalue weighted by Gasteiger charge is -2.23. The third-order valence-electron chi connectivity index (χ3n) is 9.17. The molecule has 0 aromatic rings. The molecule has 1 atom stereocenters. The molecule has 268 valence electrons. The predicted octanol–water partition coefficient (Wildman–Crippen LogP) is 13.4. The largest absolute Gasteiger partial charge is 0.379 e. The summed E-state index contributed by atoms with van der Waals surface area (Å²) in [4.78, 5) is 2.35. The van der Waals surface area contributed by atoms with Gasteiger partial charge in [0.15, 0.2) is 0 Å². The van der Waals surface area contributed by atoms with E-state index in [1.54, 1.807) is 0 Å². The molecule has 0 saturated heterocycles.